The van der Waals surface area contributed by atoms with Crippen LogP contribution < -0.4 is 19.7 Å². The number of ether oxygens (including phenoxy) is 2. The molecule has 1 unspecified atom stereocenters. The average molecular weight is 380 g/mol. The Kier molecular flexibility index (Phi) is 4.94. The number of nitrogens with zero attached hydrogens (tertiary/aromatic N) is 1. The number of anilines is 1. The lowest BCUT2D eigenvalue weighted by atomic mass is 10.0. The normalized spacial score (nSPS) is 15.7. The molecule has 2 heterocycles. The second kappa shape index (κ2) is 7.54. The summed E-state index contributed by atoms with van der Waals surface area (Å²) in [5, 5.41) is 3.04. The van der Waals surface area contributed by atoms with Gasteiger partial charge in [0.1, 0.15) is 13.2 Å². The van der Waals surface area contributed by atoms with E-state index < -0.39 is 0 Å². The van der Waals surface area contributed by atoms with Crippen LogP contribution in [0.15, 0.2) is 36.4 Å². The molecule has 28 heavy (non-hydrogen) atoms. The average Bonchev–Trinajstić information content (AvgIpc) is 3.16. The van der Waals surface area contributed by atoms with Crippen molar-refractivity contribution in [1.29, 1.82) is 0 Å². The fourth-order valence-electron chi connectivity index (χ4n) is 3.69. The first kappa shape index (κ1) is 18.3. The van der Waals surface area contributed by atoms with Crippen molar-refractivity contribution in [2.75, 3.05) is 24.7 Å². The van der Waals surface area contributed by atoms with Gasteiger partial charge in [-0.15, -0.1) is 0 Å². The van der Waals surface area contributed by atoms with E-state index in [4.69, 9.17) is 9.47 Å². The van der Waals surface area contributed by atoms with Gasteiger partial charge in [-0.1, -0.05) is 13.0 Å². The molecule has 0 aliphatic carbocycles. The molecule has 0 radical (unpaired) electrons. The van der Waals surface area contributed by atoms with Crippen LogP contribution in [-0.4, -0.2) is 31.6 Å². The Labute approximate surface area is 164 Å². The second-order valence-corrected chi connectivity index (χ2v) is 7.09. The highest BCUT2D eigenvalue weighted by molar-refractivity contribution is 5.98. The lowest BCUT2D eigenvalue weighted by Crippen LogP contribution is -2.28. The molecule has 146 valence electrons. The Bertz CT molecular complexity index is 925. The van der Waals surface area contributed by atoms with Gasteiger partial charge in [0.15, 0.2) is 11.5 Å². The Hall–Kier alpha value is -3.02. The number of fused-ring (bicyclic) bond motifs is 2. The number of carbonyl (C=O) groups is 2. The predicted molar refractivity (Wildman–Crippen MR) is 106 cm³/mol. The fourth-order valence-corrected chi connectivity index (χ4v) is 3.69. The Balaban J connectivity index is 1.47. The van der Waals surface area contributed by atoms with Crippen LogP contribution in [0.3, 0.4) is 0 Å². The van der Waals surface area contributed by atoms with E-state index in [2.05, 4.69) is 5.32 Å². The number of carbonyl (C=O) groups excluding carboxylic acids is 2. The molecule has 0 spiro atoms. The quantitative estimate of drug-likeness (QED) is 0.884. The minimum absolute atomic E-state index is 0.114. The van der Waals surface area contributed by atoms with E-state index in [-0.39, 0.29) is 17.9 Å². The Morgan fingerprint density at radius 2 is 1.89 bits per heavy atom. The molecule has 0 aromatic heterocycles. The van der Waals surface area contributed by atoms with Gasteiger partial charge < -0.3 is 19.7 Å². The van der Waals surface area contributed by atoms with Gasteiger partial charge in [0, 0.05) is 24.2 Å². The van der Waals surface area contributed by atoms with Gasteiger partial charge in [-0.2, -0.15) is 0 Å². The van der Waals surface area contributed by atoms with Gasteiger partial charge in [0.25, 0.3) is 5.91 Å². The number of hydrogen-bond acceptors (Lipinski definition) is 4. The van der Waals surface area contributed by atoms with Gasteiger partial charge in [-0.25, -0.2) is 0 Å². The number of benzene rings is 2. The fraction of sp³-hybridized carbons (Fsp3) is 0.364. The lowest BCUT2D eigenvalue weighted by Gasteiger charge is -2.21. The van der Waals surface area contributed by atoms with Crippen molar-refractivity contribution in [1.82, 2.24) is 5.32 Å². The van der Waals surface area contributed by atoms with Crippen molar-refractivity contribution < 1.29 is 19.1 Å². The van der Waals surface area contributed by atoms with Crippen LogP contribution in [0, 0.1) is 0 Å². The van der Waals surface area contributed by atoms with Crippen molar-refractivity contribution in [3.8, 4) is 11.5 Å². The standard InChI is InChI=1S/C22H24N2O4/c1-3-21(25)24-9-8-16-12-17(4-6-18(16)24)22(26)23-14(2)15-5-7-19-20(13-15)28-11-10-27-19/h4-7,12-14H,3,8-11H2,1-2H3,(H,23,26). The number of amides is 2. The van der Waals surface area contributed by atoms with Crippen molar-refractivity contribution in [3.63, 3.8) is 0 Å². The zero-order valence-electron chi connectivity index (χ0n) is 16.2. The molecular weight excluding hydrogens is 356 g/mol. The third kappa shape index (κ3) is 3.42. The molecule has 6 nitrogen and oxygen atoms in total. The summed E-state index contributed by atoms with van der Waals surface area (Å²) in [6, 6.07) is 11.1. The summed E-state index contributed by atoms with van der Waals surface area (Å²) in [4.78, 5) is 26.6. The van der Waals surface area contributed by atoms with Crippen LogP contribution in [0.5, 0.6) is 11.5 Å². The van der Waals surface area contributed by atoms with E-state index >= 15 is 0 Å². The maximum Gasteiger partial charge on any atom is 0.251 e. The summed E-state index contributed by atoms with van der Waals surface area (Å²) in [6.45, 7) is 5.57. The lowest BCUT2D eigenvalue weighted by molar-refractivity contribution is -0.118. The van der Waals surface area contributed by atoms with Crippen molar-refractivity contribution >= 4 is 17.5 Å². The van der Waals surface area contributed by atoms with Gasteiger partial charge in [-0.3, -0.25) is 9.59 Å². The molecule has 0 bridgehead atoms. The zero-order valence-corrected chi connectivity index (χ0v) is 16.2. The molecule has 4 rings (SSSR count). The smallest absolute Gasteiger partial charge is 0.251 e. The third-order valence-electron chi connectivity index (χ3n) is 5.25. The summed E-state index contributed by atoms with van der Waals surface area (Å²) in [5.74, 6) is 1.43. The maximum absolute atomic E-state index is 12.7. The highest BCUT2D eigenvalue weighted by atomic mass is 16.6. The van der Waals surface area contributed by atoms with Gasteiger partial charge >= 0.3 is 0 Å². The topological polar surface area (TPSA) is 67.9 Å². The summed E-state index contributed by atoms with van der Waals surface area (Å²) in [5.41, 5.74) is 3.53. The zero-order chi connectivity index (χ0) is 19.7. The molecule has 1 atom stereocenters. The molecule has 6 heteroatoms. The summed E-state index contributed by atoms with van der Waals surface area (Å²) >= 11 is 0. The van der Waals surface area contributed by atoms with Crippen LogP contribution in [0.2, 0.25) is 0 Å². The molecule has 2 aliphatic heterocycles. The van der Waals surface area contributed by atoms with E-state index in [1.165, 1.54) is 0 Å². The van der Waals surface area contributed by atoms with E-state index in [1.807, 2.05) is 44.2 Å². The second-order valence-electron chi connectivity index (χ2n) is 7.09. The molecule has 1 N–H and O–H groups in total. The molecule has 2 aromatic rings. The van der Waals surface area contributed by atoms with Crippen LogP contribution >= 0.6 is 0 Å². The highest BCUT2D eigenvalue weighted by Crippen LogP contribution is 2.33. The molecule has 2 aromatic carbocycles. The number of rotatable bonds is 4. The monoisotopic (exact) mass is 380 g/mol. The highest BCUT2D eigenvalue weighted by Gasteiger charge is 2.25. The molecule has 0 fully saturated rings. The summed E-state index contributed by atoms with van der Waals surface area (Å²) < 4.78 is 11.2. The van der Waals surface area contributed by atoms with Crippen molar-refractivity contribution in [3.05, 3.63) is 53.1 Å². The molecular formula is C22H24N2O4. The Morgan fingerprint density at radius 1 is 1.11 bits per heavy atom. The minimum Gasteiger partial charge on any atom is -0.486 e. The Morgan fingerprint density at radius 3 is 2.68 bits per heavy atom. The van der Waals surface area contributed by atoms with Crippen LogP contribution in [0.25, 0.3) is 0 Å². The minimum atomic E-state index is -0.172. The van der Waals surface area contributed by atoms with E-state index in [9.17, 15) is 9.59 Å². The predicted octanol–water partition coefficient (Wildman–Crippen LogP) is 3.25. The summed E-state index contributed by atoms with van der Waals surface area (Å²) in [7, 11) is 0. The molecule has 2 amide bonds. The first-order valence-electron chi connectivity index (χ1n) is 9.70. The van der Waals surface area contributed by atoms with E-state index in [0.29, 0.717) is 37.5 Å². The largest absolute Gasteiger partial charge is 0.486 e. The molecule has 0 saturated heterocycles. The van der Waals surface area contributed by atoms with Crippen LogP contribution in [-0.2, 0) is 11.2 Å². The first-order valence-corrected chi connectivity index (χ1v) is 9.70. The van der Waals surface area contributed by atoms with E-state index in [1.54, 1.807) is 11.0 Å². The first-order chi connectivity index (χ1) is 13.6. The van der Waals surface area contributed by atoms with Gasteiger partial charge in [0.2, 0.25) is 5.91 Å². The SMILES string of the molecule is CCC(=O)N1CCc2cc(C(=O)NC(C)c3ccc4c(c3)OCCO4)ccc21. The molecule has 2 aliphatic rings. The van der Waals surface area contributed by atoms with Crippen LogP contribution in [0.4, 0.5) is 5.69 Å². The summed E-state index contributed by atoms with van der Waals surface area (Å²) in [6.07, 6.45) is 1.26. The number of hydrogen-bond donors (Lipinski definition) is 1. The van der Waals surface area contributed by atoms with Gasteiger partial charge in [0.05, 0.1) is 6.04 Å². The van der Waals surface area contributed by atoms with Crippen molar-refractivity contribution in [2.45, 2.75) is 32.7 Å². The van der Waals surface area contributed by atoms with E-state index in [0.717, 1.165) is 29.0 Å². The third-order valence-corrected chi connectivity index (χ3v) is 5.25. The van der Waals surface area contributed by atoms with Gasteiger partial charge in [-0.05, 0) is 54.8 Å². The maximum atomic E-state index is 12.7. The number of nitrogens with one attached hydrogen (secondary N) is 1. The van der Waals surface area contributed by atoms with Crippen LogP contribution in [0.1, 0.15) is 47.8 Å². The molecule has 0 saturated carbocycles. The van der Waals surface area contributed by atoms with Crippen molar-refractivity contribution in [2.24, 2.45) is 0 Å².